The smallest absolute Gasteiger partial charge is 0.0765 e. The van der Waals surface area contributed by atoms with E-state index in [2.05, 4.69) is 41.4 Å². The number of likely N-dealkylation sites (N-methyl/N-ethyl adjacent to an activating group) is 1. The Kier molecular flexibility index (Phi) is 4.97. The van der Waals surface area contributed by atoms with Gasteiger partial charge in [0.25, 0.3) is 0 Å². The summed E-state index contributed by atoms with van der Waals surface area (Å²) in [6.07, 6.45) is 0. The zero-order chi connectivity index (χ0) is 12.9. The van der Waals surface area contributed by atoms with Gasteiger partial charge in [0.1, 0.15) is 0 Å². The minimum absolute atomic E-state index is 0.625. The van der Waals surface area contributed by atoms with E-state index >= 15 is 0 Å². The molecule has 0 aliphatic heterocycles. The van der Waals surface area contributed by atoms with E-state index in [1.807, 2.05) is 20.9 Å². The molecule has 2 N–H and O–H groups in total. The first-order chi connectivity index (χ1) is 7.92. The van der Waals surface area contributed by atoms with Gasteiger partial charge < -0.3 is 15.3 Å². The van der Waals surface area contributed by atoms with Crippen molar-refractivity contribution in [2.24, 2.45) is 0 Å². The van der Waals surface area contributed by atoms with Gasteiger partial charge in [0.15, 0.2) is 0 Å². The molecule has 0 saturated carbocycles. The van der Waals surface area contributed by atoms with Crippen LogP contribution in [0.15, 0.2) is 24.3 Å². The van der Waals surface area contributed by atoms with Crippen LogP contribution in [0.1, 0.15) is 26.3 Å². The van der Waals surface area contributed by atoms with Crippen molar-refractivity contribution in [3.05, 3.63) is 29.8 Å². The monoisotopic (exact) mass is 236 g/mol. The van der Waals surface area contributed by atoms with Gasteiger partial charge in [-0.05, 0) is 38.1 Å². The molecule has 0 heterocycles. The second-order valence-corrected chi connectivity index (χ2v) is 5.12. The number of aliphatic hydroxyl groups is 1. The average molecular weight is 236 g/mol. The summed E-state index contributed by atoms with van der Waals surface area (Å²) < 4.78 is 0. The van der Waals surface area contributed by atoms with Gasteiger partial charge in [-0.2, -0.15) is 0 Å². The number of anilines is 1. The van der Waals surface area contributed by atoms with Crippen molar-refractivity contribution in [1.29, 1.82) is 0 Å². The Bertz CT molecular complexity index is 327. The van der Waals surface area contributed by atoms with Crippen molar-refractivity contribution in [1.82, 2.24) is 5.32 Å². The van der Waals surface area contributed by atoms with Crippen molar-refractivity contribution in [2.45, 2.75) is 32.9 Å². The van der Waals surface area contributed by atoms with E-state index < -0.39 is 5.60 Å². The molecule has 1 aromatic rings. The summed E-state index contributed by atoms with van der Waals surface area (Å²) in [5.74, 6) is 0. The van der Waals surface area contributed by atoms with Gasteiger partial charge in [-0.15, -0.1) is 0 Å². The first kappa shape index (κ1) is 14.0. The summed E-state index contributed by atoms with van der Waals surface area (Å²) in [7, 11) is 2.00. The topological polar surface area (TPSA) is 35.5 Å². The fraction of sp³-hybridized carbons (Fsp3) is 0.571. The predicted molar refractivity (Wildman–Crippen MR) is 73.4 cm³/mol. The van der Waals surface area contributed by atoms with Crippen LogP contribution in [-0.4, -0.2) is 30.8 Å². The van der Waals surface area contributed by atoms with Crippen LogP contribution in [0.25, 0.3) is 0 Å². The van der Waals surface area contributed by atoms with Gasteiger partial charge in [0.05, 0.1) is 5.60 Å². The van der Waals surface area contributed by atoms with E-state index in [1.54, 1.807) is 0 Å². The maximum absolute atomic E-state index is 9.77. The summed E-state index contributed by atoms with van der Waals surface area (Å²) >= 11 is 0. The Labute approximate surface area is 104 Å². The molecule has 0 fully saturated rings. The van der Waals surface area contributed by atoms with Gasteiger partial charge in [-0.1, -0.05) is 19.1 Å². The lowest BCUT2D eigenvalue weighted by Crippen LogP contribution is -2.36. The Morgan fingerprint density at radius 3 is 2.29 bits per heavy atom. The third kappa shape index (κ3) is 5.20. The number of hydrogen-bond donors (Lipinski definition) is 2. The molecule has 96 valence electrons. The standard InChI is InChI=1S/C14H24N2O/c1-5-15-10-12-6-8-13(9-7-12)16(4)11-14(2,3)17/h6-9,15,17H,5,10-11H2,1-4H3. The lowest BCUT2D eigenvalue weighted by atomic mass is 10.1. The molecule has 0 radical (unpaired) electrons. The molecule has 0 aliphatic rings. The lowest BCUT2D eigenvalue weighted by Gasteiger charge is -2.27. The van der Waals surface area contributed by atoms with Crippen molar-refractivity contribution in [2.75, 3.05) is 25.0 Å². The van der Waals surface area contributed by atoms with E-state index in [0.29, 0.717) is 6.54 Å². The summed E-state index contributed by atoms with van der Waals surface area (Å²) in [6, 6.07) is 8.44. The van der Waals surface area contributed by atoms with Crippen LogP contribution in [0.3, 0.4) is 0 Å². The normalized spacial score (nSPS) is 11.6. The molecule has 1 aromatic carbocycles. The third-order valence-electron chi connectivity index (χ3n) is 2.58. The zero-order valence-electron chi connectivity index (χ0n) is 11.3. The molecule has 0 saturated heterocycles. The van der Waals surface area contributed by atoms with Crippen LogP contribution in [0.4, 0.5) is 5.69 Å². The van der Waals surface area contributed by atoms with Crippen LogP contribution < -0.4 is 10.2 Å². The SMILES string of the molecule is CCNCc1ccc(N(C)CC(C)(C)O)cc1. The quantitative estimate of drug-likeness (QED) is 0.793. The average Bonchev–Trinajstić information content (AvgIpc) is 2.24. The number of nitrogens with zero attached hydrogens (tertiary/aromatic N) is 1. The minimum Gasteiger partial charge on any atom is -0.389 e. The van der Waals surface area contributed by atoms with Gasteiger partial charge in [-0.25, -0.2) is 0 Å². The van der Waals surface area contributed by atoms with Crippen LogP contribution in [-0.2, 0) is 6.54 Å². The van der Waals surface area contributed by atoms with Crippen LogP contribution in [0, 0.1) is 0 Å². The van der Waals surface area contributed by atoms with Crippen LogP contribution >= 0.6 is 0 Å². The Morgan fingerprint density at radius 2 is 1.82 bits per heavy atom. The first-order valence-corrected chi connectivity index (χ1v) is 6.15. The molecule has 0 amide bonds. The molecule has 0 atom stereocenters. The highest BCUT2D eigenvalue weighted by molar-refractivity contribution is 5.47. The predicted octanol–water partition coefficient (Wildman–Crippen LogP) is 2.00. The molecule has 0 aromatic heterocycles. The Morgan fingerprint density at radius 1 is 1.24 bits per heavy atom. The zero-order valence-corrected chi connectivity index (χ0v) is 11.3. The van der Waals surface area contributed by atoms with E-state index in [9.17, 15) is 5.11 Å². The van der Waals surface area contributed by atoms with Crippen LogP contribution in [0.2, 0.25) is 0 Å². The van der Waals surface area contributed by atoms with Crippen LogP contribution in [0.5, 0.6) is 0 Å². The van der Waals surface area contributed by atoms with Gasteiger partial charge >= 0.3 is 0 Å². The highest BCUT2D eigenvalue weighted by Gasteiger charge is 2.15. The molecular weight excluding hydrogens is 212 g/mol. The number of rotatable bonds is 6. The molecule has 3 nitrogen and oxygen atoms in total. The van der Waals surface area contributed by atoms with E-state index in [0.717, 1.165) is 18.8 Å². The summed E-state index contributed by atoms with van der Waals surface area (Å²) in [4.78, 5) is 2.07. The summed E-state index contributed by atoms with van der Waals surface area (Å²) in [6.45, 7) is 8.27. The molecule has 1 rings (SSSR count). The number of hydrogen-bond acceptors (Lipinski definition) is 3. The molecule has 3 heteroatoms. The van der Waals surface area contributed by atoms with E-state index in [4.69, 9.17) is 0 Å². The maximum Gasteiger partial charge on any atom is 0.0765 e. The summed E-state index contributed by atoms with van der Waals surface area (Å²) in [5, 5.41) is 13.1. The second-order valence-electron chi connectivity index (χ2n) is 5.12. The Hall–Kier alpha value is -1.06. The second kappa shape index (κ2) is 6.03. The number of nitrogens with one attached hydrogen (secondary N) is 1. The largest absolute Gasteiger partial charge is 0.389 e. The lowest BCUT2D eigenvalue weighted by molar-refractivity contribution is 0.0886. The third-order valence-corrected chi connectivity index (χ3v) is 2.58. The van der Waals surface area contributed by atoms with E-state index in [1.165, 1.54) is 5.56 Å². The maximum atomic E-state index is 9.77. The van der Waals surface area contributed by atoms with Crippen molar-refractivity contribution in [3.8, 4) is 0 Å². The number of benzene rings is 1. The Balaban J connectivity index is 2.60. The molecule has 0 spiro atoms. The summed E-state index contributed by atoms with van der Waals surface area (Å²) in [5.41, 5.74) is 1.75. The highest BCUT2D eigenvalue weighted by Crippen LogP contribution is 2.16. The van der Waals surface area contributed by atoms with Crippen molar-refractivity contribution < 1.29 is 5.11 Å². The van der Waals surface area contributed by atoms with Gasteiger partial charge in [0.2, 0.25) is 0 Å². The minimum atomic E-state index is -0.669. The fourth-order valence-electron chi connectivity index (χ4n) is 1.81. The molecule has 0 aliphatic carbocycles. The van der Waals surface area contributed by atoms with Crippen molar-refractivity contribution >= 4 is 5.69 Å². The molecular formula is C14H24N2O. The van der Waals surface area contributed by atoms with Gasteiger partial charge in [-0.3, -0.25) is 0 Å². The first-order valence-electron chi connectivity index (χ1n) is 6.15. The molecule has 17 heavy (non-hydrogen) atoms. The fourth-order valence-corrected chi connectivity index (χ4v) is 1.81. The van der Waals surface area contributed by atoms with Gasteiger partial charge in [0, 0.05) is 25.8 Å². The van der Waals surface area contributed by atoms with E-state index in [-0.39, 0.29) is 0 Å². The molecule has 0 bridgehead atoms. The van der Waals surface area contributed by atoms with Crippen molar-refractivity contribution in [3.63, 3.8) is 0 Å². The molecule has 0 unspecified atom stereocenters. The highest BCUT2D eigenvalue weighted by atomic mass is 16.3.